The molecule has 6 heteroatoms. The van der Waals surface area contributed by atoms with Crippen LogP contribution in [-0.4, -0.2) is 23.6 Å². The molecule has 2 aliphatic heterocycles. The maximum atomic E-state index is 11.7. The number of hydrogen-bond donors (Lipinski definition) is 1. The number of thioether (sulfide) groups is 1. The second-order valence-electron chi connectivity index (χ2n) is 7.50. The van der Waals surface area contributed by atoms with Crippen LogP contribution in [0, 0.1) is 5.92 Å². The van der Waals surface area contributed by atoms with Gasteiger partial charge < -0.3 is 20.0 Å². The van der Waals surface area contributed by atoms with Gasteiger partial charge in [0.15, 0.2) is 0 Å². The summed E-state index contributed by atoms with van der Waals surface area (Å²) in [7, 11) is 0. The Kier molecular flexibility index (Phi) is 4.52. The molecule has 28 heavy (non-hydrogen) atoms. The number of aromatic carboxylic acids is 1. The van der Waals surface area contributed by atoms with Gasteiger partial charge in [0, 0.05) is 23.0 Å². The third kappa shape index (κ3) is 2.97. The molecule has 0 spiro atoms. The van der Waals surface area contributed by atoms with Crippen LogP contribution in [0.25, 0.3) is 0 Å². The number of rotatable bonds is 4. The van der Waals surface area contributed by atoms with Crippen LogP contribution in [0.1, 0.15) is 39.9 Å². The lowest BCUT2D eigenvalue weighted by molar-refractivity contribution is -0.255. The third-order valence-corrected chi connectivity index (χ3v) is 7.35. The van der Waals surface area contributed by atoms with Crippen molar-refractivity contribution in [2.75, 3.05) is 16.8 Å². The van der Waals surface area contributed by atoms with E-state index in [0.717, 1.165) is 34.8 Å². The summed E-state index contributed by atoms with van der Waals surface area (Å²) in [5.74, 6) is 2.01. The van der Waals surface area contributed by atoms with E-state index in [2.05, 4.69) is 29.6 Å². The number of allylic oxidation sites excluding steroid dienone is 2. The predicted octanol–water partition coefficient (Wildman–Crippen LogP) is 4.02. The minimum absolute atomic E-state index is 0.000423. The topological polar surface area (TPSA) is 61.4 Å². The van der Waals surface area contributed by atoms with E-state index in [0.29, 0.717) is 16.8 Å². The first kappa shape index (κ1) is 18.0. The molecule has 0 bridgehead atoms. The number of benzene rings is 2. The number of fused-ring (bicyclic) bond motifs is 3. The van der Waals surface area contributed by atoms with E-state index in [1.54, 1.807) is 12.1 Å². The fourth-order valence-electron chi connectivity index (χ4n) is 4.44. The number of anilines is 1. The Bertz CT molecular complexity index is 972. The molecule has 1 fully saturated rings. The first-order valence-corrected chi connectivity index (χ1v) is 11.0. The maximum absolute atomic E-state index is 11.7. The van der Waals surface area contributed by atoms with Crippen molar-refractivity contribution >= 4 is 35.0 Å². The molecule has 2 heterocycles. The molecule has 0 unspecified atom stereocenters. The molecule has 3 atom stereocenters. The van der Waals surface area contributed by atoms with E-state index < -0.39 is 5.97 Å². The van der Waals surface area contributed by atoms with Crippen molar-refractivity contribution < 1.29 is 14.6 Å². The largest absolute Gasteiger partial charge is 0.545 e. The Labute approximate surface area is 172 Å². The highest BCUT2D eigenvalue weighted by atomic mass is 35.5. The summed E-state index contributed by atoms with van der Waals surface area (Å²) in [4.78, 5) is 11.7. The summed E-state index contributed by atoms with van der Waals surface area (Å²) >= 11 is 8.35. The standard InChI is InChI=1S/C22H20ClNO3S/c23-18-8-7-17(22(25)26)19-15-5-2-6-16(15)20(24-21(18)19)12-3-1-4-13(9-12)27-14-10-28-11-14/h1-5,7-9,14-16,20,24H,6,10-11H2,(H,25,26)/p-1/t15-,16+,20-/m0/s1. The fourth-order valence-corrected chi connectivity index (χ4v) is 5.22. The van der Waals surface area contributed by atoms with E-state index in [1.165, 1.54) is 0 Å². The zero-order chi connectivity index (χ0) is 19.3. The highest BCUT2D eigenvalue weighted by molar-refractivity contribution is 8.00. The van der Waals surface area contributed by atoms with Crippen molar-refractivity contribution in [1.82, 2.24) is 0 Å². The van der Waals surface area contributed by atoms with Crippen molar-refractivity contribution in [1.29, 1.82) is 0 Å². The zero-order valence-electron chi connectivity index (χ0n) is 15.1. The van der Waals surface area contributed by atoms with E-state index >= 15 is 0 Å². The van der Waals surface area contributed by atoms with Crippen molar-refractivity contribution in [3.05, 3.63) is 70.3 Å². The van der Waals surface area contributed by atoms with Gasteiger partial charge in [-0.2, -0.15) is 11.8 Å². The average molecular weight is 413 g/mol. The highest BCUT2D eigenvalue weighted by Crippen LogP contribution is 2.52. The van der Waals surface area contributed by atoms with E-state index in [4.69, 9.17) is 16.3 Å². The lowest BCUT2D eigenvalue weighted by Crippen LogP contribution is -2.33. The molecular formula is C22H19ClNO3S-. The summed E-state index contributed by atoms with van der Waals surface area (Å²) in [6, 6.07) is 11.4. The van der Waals surface area contributed by atoms with Crippen molar-refractivity contribution in [3.8, 4) is 5.75 Å². The molecule has 144 valence electrons. The van der Waals surface area contributed by atoms with E-state index in [-0.39, 0.29) is 23.4 Å². The molecule has 2 aromatic rings. The van der Waals surface area contributed by atoms with E-state index in [1.807, 2.05) is 23.9 Å². The van der Waals surface area contributed by atoms with Gasteiger partial charge in [0.2, 0.25) is 0 Å². The van der Waals surface area contributed by atoms with Crippen LogP contribution in [0.4, 0.5) is 5.69 Å². The van der Waals surface area contributed by atoms with Crippen LogP contribution >= 0.6 is 23.4 Å². The second kappa shape index (κ2) is 7.05. The third-order valence-electron chi connectivity index (χ3n) is 5.82. The van der Waals surface area contributed by atoms with Gasteiger partial charge in [-0.25, -0.2) is 0 Å². The molecule has 3 aliphatic rings. The molecule has 4 nitrogen and oxygen atoms in total. The van der Waals surface area contributed by atoms with Crippen LogP contribution in [0.15, 0.2) is 48.6 Å². The Morgan fingerprint density at radius 1 is 1.25 bits per heavy atom. The van der Waals surface area contributed by atoms with E-state index in [9.17, 15) is 9.90 Å². The molecular weight excluding hydrogens is 394 g/mol. The second-order valence-corrected chi connectivity index (χ2v) is 8.98. The first-order chi connectivity index (χ1) is 13.6. The summed E-state index contributed by atoms with van der Waals surface area (Å²) in [6.07, 6.45) is 5.41. The molecule has 1 saturated heterocycles. The number of ether oxygens (including phenoxy) is 1. The monoisotopic (exact) mass is 412 g/mol. The summed E-state index contributed by atoms with van der Waals surface area (Å²) in [5.41, 5.74) is 2.78. The number of carbonyl (C=O) groups is 1. The SMILES string of the molecule is O=C([O-])c1ccc(Cl)c2c1[C@H]1C=CC[C@H]1[C@H](c1cccc(OC3CSC3)c1)N2. The summed E-state index contributed by atoms with van der Waals surface area (Å²) < 4.78 is 6.06. The quantitative estimate of drug-likeness (QED) is 0.768. The van der Waals surface area contributed by atoms with Crippen LogP contribution in [0.3, 0.4) is 0 Å². The van der Waals surface area contributed by atoms with Crippen molar-refractivity contribution in [3.63, 3.8) is 0 Å². The van der Waals surface area contributed by atoms with Gasteiger partial charge in [-0.05, 0) is 41.7 Å². The Morgan fingerprint density at radius 3 is 2.86 bits per heavy atom. The van der Waals surface area contributed by atoms with Gasteiger partial charge in [0.25, 0.3) is 0 Å². The van der Waals surface area contributed by atoms with Crippen molar-refractivity contribution in [2.45, 2.75) is 24.5 Å². The highest BCUT2D eigenvalue weighted by Gasteiger charge is 2.40. The summed E-state index contributed by atoms with van der Waals surface area (Å²) in [6.45, 7) is 0. The molecule has 1 N–H and O–H groups in total. The maximum Gasteiger partial charge on any atom is 0.120 e. The first-order valence-electron chi connectivity index (χ1n) is 9.43. The molecule has 0 saturated carbocycles. The number of carbonyl (C=O) groups excluding carboxylic acids is 1. The molecule has 5 rings (SSSR count). The van der Waals surface area contributed by atoms with Gasteiger partial charge in [0.05, 0.1) is 22.7 Å². The fraction of sp³-hybridized carbons (Fsp3) is 0.318. The Balaban J connectivity index is 1.54. The Morgan fingerprint density at radius 2 is 2.11 bits per heavy atom. The minimum Gasteiger partial charge on any atom is -0.545 e. The van der Waals surface area contributed by atoms with Crippen LogP contribution in [-0.2, 0) is 0 Å². The normalized spacial score (nSPS) is 25.4. The lowest BCUT2D eigenvalue weighted by Gasteiger charge is -2.39. The number of halogens is 1. The number of hydrogen-bond acceptors (Lipinski definition) is 5. The smallest absolute Gasteiger partial charge is 0.120 e. The molecule has 0 amide bonds. The number of carboxylic acids is 1. The van der Waals surface area contributed by atoms with Gasteiger partial charge in [-0.3, -0.25) is 0 Å². The zero-order valence-corrected chi connectivity index (χ0v) is 16.6. The average Bonchev–Trinajstić information content (AvgIpc) is 3.14. The summed E-state index contributed by atoms with van der Waals surface area (Å²) in [5, 5.41) is 15.7. The van der Waals surface area contributed by atoms with Gasteiger partial charge in [-0.1, -0.05) is 42.0 Å². The van der Waals surface area contributed by atoms with Gasteiger partial charge in [-0.15, -0.1) is 0 Å². The van der Waals surface area contributed by atoms with Crippen LogP contribution in [0.5, 0.6) is 5.75 Å². The van der Waals surface area contributed by atoms with Gasteiger partial charge >= 0.3 is 0 Å². The number of carboxylic acid groups (broad SMARTS) is 1. The number of nitrogens with one attached hydrogen (secondary N) is 1. The molecule has 0 radical (unpaired) electrons. The van der Waals surface area contributed by atoms with Crippen LogP contribution < -0.4 is 15.2 Å². The lowest BCUT2D eigenvalue weighted by atomic mass is 9.75. The molecule has 0 aromatic heterocycles. The Hall–Kier alpha value is -2.11. The molecule has 2 aromatic carbocycles. The predicted molar refractivity (Wildman–Crippen MR) is 110 cm³/mol. The van der Waals surface area contributed by atoms with Gasteiger partial charge in [0.1, 0.15) is 11.9 Å². The van der Waals surface area contributed by atoms with Crippen molar-refractivity contribution in [2.24, 2.45) is 5.92 Å². The molecule has 1 aliphatic carbocycles. The minimum atomic E-state index is -1.17. The van der Waals surface area contributed by atoms with Crippen LogP contribution in [0.2, 0.25) is 5.02 Å².